The molecule has 1 aromatic rings. The van der Waals surface area contributed by atoms with Crippen LogP contribution in [0.1, 0.15) is 23.2 Å². The molecule has 4 nitrogen and oxygen atoms in total. The number of likely N-dealkylation sites (N-methyl/N-ethyl adjacent to an activating group) is 1. The summed E-state index contributed by atoms with van der Waals surface area (Å²) in [6.45, 7) is 1.33. The van der Waals surface area contributed by atoms with Crippen LogP contribution in [0.4, 0.5) is 4.39 Å². The summed E-state index contributed by atoms with van der Waals surface area (Å²) >= 11 is 0. The summed E-state index contributed by atoms with van der Waals surface area (Å²) in [5.74, 6) is -0.797. The minimum Gasteiger partial charge on any atom is -0.337 e. The number of likely N-dealkylation sites (tertiary alicyclic amines) is 1. The van der Waals surface area contributed by atoms with E-state index in [0.29, 0.717) is 19.1 Å². The van der Waals surface area contributed by atoms with Gasteiger partial charge < -0.3 is 10.2 Å². The van der Waals surface area contributed by atoms with Crippen molar-refractivity contribution in [1.82, 2.24) is 15.2 Å². The largest absolute Gasteiger partial charge is 0.337 e. The molecule has 1 amide bonds. The molecule has 1 aromatic heterocycles. The molecule has 2 rings (SSSR count). The van der Waals surface area contributed by atoms with Crippen LogP contribution in [0.25, 0.3) is 0 Å². The molecule has 1 fully saturated rings. The first-order valence-electron chi connectivity index (χ1n) is 5.78. The third kappa shape index (κ3) is 2.61. The van der Waals surface area contributed by atoms with Crippen LogP contribution in [-0.2, 0) is 0 Å². The highest BCUT2D eigenvalue weighted by atomic mass is 19.1. The number of amides is 1. The van der Waals surface area contributed by atoms with E-state index in [1.165, 1.54) is 12.3 Å². The van der Waals surface area contributed by atoms with Crippen molar-refractivity contribution in [3.8, 4) is 0 Å². The zero-order chi connectivity index (χ0) is 12.3. The van der Waals surface area contributed by atoms with E-state index < -0.39 is 5.82 Å². The molecule has 0 unspecified atom stereocenters. The maximum Gasteiger partial charge on any atom is 0.256 e. The Morgan fingerprint density at radius 1 is 1.65 bits per heavy atom. The number of nitrogens with one attached hydrogen (secondary N) is 1. The molecule has 0 aromatic carbocycles. The third-order valence-corrected chi connectivity index (χ3v) is 3.12. The zero-order valence-corrected chi connectivity index (χ0v) is 9.82. The van der Waals surface area contributed by atoms with E-state index in [-0.39, 0.29) is 11.5 Å². The van der Waals surface area contributed by atoms with Crippen molar-refractivity contribution in [3.63, 3.8) is 0 Å². The monoisotopic (exact) mass is 237 g/mol. The molecule has 5 heteroatoms. The SMILES string of the molecule is CN[C@@H]1CCCN(C(=O)c2ccncc2F)C1. The third-order valence-electron chi connectivity index (χ3n) is 3.12. The molecule has 0 spiro atoms. The first-order valence-corrected chi connectivity index (χ1v) is 5.78. The summed E-state index contributed by atoms with van der Waals surface area (Å²) in [4.78, 5) is 17.5. The summed E-state index contributed by atoms with van der Waals surface area (Å²) < 4.78 is 13.4. The Kier molecular flexibility index (Phi) is 3.68. The van der Waals surface area contributed by atoms with E-state index >= 15 is 0 Å². The number of hydrogen-bond acceptors (Lipinski definition) is 3. The highest BCUT2D eigenvalue weighted by Crippen LogP contribution is 2.15. The average Bonchev–Trinajstić information content (AvgIpc) is 2.38. The molecule has 1 atom stereocenters. The lowest BCUT2D eigenvalue weighted by Crippen LogP contribution is -2.47. The standard InChI is InChI=1S/C12H16FN3O/c1-14-9-3-2-6-16(8-9)12(17)10-4-5-15-7-11(10)13/h4-5,7,9,14H,2-3,6,8H2,1H3/t9-/m1/s1. The van der Waals surface area contributed by atoms with Crippen LogP contribution in [0.3, 0.4) is 0 Å². The Hall–Kier alpha value is -1.49. The Morgan fingerprint density at radius 2 is 2.47 bits per heavy atom. The van der Waals surface area contributed by atoms with Crippen LogP contribution in [-0.4, -0.2) is 42.0 Å². The molecule has 0 radical (unpaired) electrons. The van der Waals surface area contributed by atoms with E-state index in [1.807, 2.05) is 7.05 Å². The highest BCUT2D eigenvalue weighted by molar-refractivity contribution is 5.94. The Morgan fingerprint density at radius 3 is 3.18 bits per heavy atom. The van der Waals surface area contributed by atoms with Gasteiger partial charge in [0, 0.05) is 25.3 Å². The second-order valence-electron chi connectivity index (χ2n) is 4.23. The molecule has 92 valence electrons. The first kappa shape index (κ1) is 12.0. The lowest BCUT2D eigenvalue weighted by Gasteiger charge is -2.32. The molecule has 2 heterocycles. The van der Waals surface area contributed by atoms with Crippen molar-refractivity contribution >= 4 is 5.91 Å². The normalized spacial score (nSPS) is 20.4. The first-order chi connectivity index (χ1) is 8.22. The van der Waals surface area contributed by atoms with Crippen molar-refractivity contribution in [2.45, 2.75) is 18.9 Å². The van der Waals surface area contributed by atoms with E-state index in [9.17, 15) is 9.18 Å². The van der Waals surface area contributed by atoms with Crippen LogP contribution in [0, 0.1) is 5.82 Å². The number of nitrogens with zero attached hydrogens (tertiary/aromatic N) is 2. The molecular formula is C12H16FN3O. The number of carbonyl (C=O) groups excluding carboxylic acids is 1. The zero-order valence-electron chi connectivity index (χ0n) is 9.82. The second kappa shape index (κ2) is 5.23. The second-order valence-corrected chi connectivity index (χ2v) is 4.23. The van der Waals surface area contributed by atoms with E-state index in [4.69, 9.17) is 0 Å². The van der Waals surface area contributed by atoms with Gasteiger partial charge in [-0.25, -0.2) is 4.39 Å². The van der Waals surface area contributed by atoms with Crippen molar-refractivity contribution < 1.29 is 9.18 Å². The van der Waals surface area contributed by atoms with E-state index in [2.05, 4.69) is 10.3 Å². The van der Waals surface area contributed by atoms with Crippen LogP contribution < -0.4 is 5.32 Å². The molecule has 0 saturated carbocycles. The number of piperidine rings is 1. The topological polar surface area (TPSA) is 45.2 Å². The summed E-state index contributed by atoms with van der Waals surface area (Å²) in [5, 5.41) is 3.15. The predicted molar refractivity (Wildman–Crippen MR) is 62.2 cm³/mol. The molecule has 0 aliphatic carbocycles. The highest BCUT2D eigenvalue weighted by Gasteiger charge is 2.25. The fourth-order valence-electron chi connectivity index (χ4n) is 2.12. The maximum absolute atomic E-state index is 13.4. The summed E-state index contributed by atoms with van der Waals surface area (Å²) in [7, 11) is 1.88. The van der Waals surface area contributed by atoms with E-state index in [1.54, 1.807) is 4.90 Å². The van der Waals surface area contributed by atoms with Crippen LogP contribution in [0.5, 0.6) is 0 Å². The van der Waals surface area contributed by atoms with Gasteiger partial charge in [0.05, 0.1) is 11.8 Å². The van der Waals surface area contributed by atoms with Crippen LogP contribution >= 0.6 is 0 Å². The van der Waals surface area contributed by atoms with Gasteiger partial charge in [0.15, 0.2) is 5.82 Å². The number of carbonyl (C=O) groups is 1. The van der Waals surface area contributed by atoms with E-state index in [0.717, 1.165) is 19.0 Å². The van der Waals surface area contributed by atoms with Crippen molar-refractivity contribution in [2.24, 2.45) is 0 Å². The number of pyridine rings is 1. The number of rotatable bonds is 2. The fraction of sp³-hybridized carbons (Fsp3) is 0.500. The lowest BCUT2D eigenvalue weighted by atomic mass is 10.0. The van der Waals surface area contributed by atoms with Crippen LogP contribution in [0.15, 0.2) is 18.5 Å². The number of hydrogen-bond donors (Lipinski definition) is 1. The predicted octanol–water partition coefficient (Wildman–Crippen LogP) is 1.04. The number of halogens is 1. The van der Waals surface area contributed by atoms with Gasteiger partial charge in [-0.05, 0) is 26.0 Å². The summed E-state index contributed by atoms with van der Waals surface area (Å²) in [5.41, 5.74) is 0.108. The van der Waals surface area contributed by atoms with Gasteiger partial charge in [-0.15, -0.1) is 0 Å². The van der Waals surface area contributed by atoms with Gasteiger partial charge in [-0.2, -0.15) is 0 Å². The van der Waals surface area contributed by atoms with Gasteiger partial charge in [-0.1, -0.05) is 0 Å². The van der Waals surface area contributed by atoms with Crippen molar-refractivity contribution in [2.75, 3.05) is 20.1 Å². The van der Waals surface area contributed by atoms with Crippen molar-refractivity contribution in [1.29, 1.82) is 0 Å². The maximum atomic E-state index is 13.4. The molecule has 1 saturated heterocycles. The smallest absolute Gasteiger partial charge is 0.256 e. The van der Waals surface area contributed by atoms with Gasteiger partial charge in [0.2, 0.25) is 0 Å². The molecule has 17 heavy (non-hydrogen) atoms. The van der Waals surface area contributed by atoms with Gasteiger partial charge in [0.25, 0.3) is 5.91 Å². The quantitative estimate of drug-likeness (QED) is 0.836. The summed E-state index contributed by atoms with van der Waals surface area (Å²) in [6.07, 6.45) is 4.52. The number of aromatic nitrogens is 1. The Labute approximate surface area is 99.8 Å². The molecule has 1 N–H and O–H groups in total. The average molecular weight is 237 g/mol. The minimum atomic E-state index is -0.552. The van der Waals surface area contributed by atoms with Gasteiger partial charge in [-0.3, -0.25) is 9.78 Å². The van der Waals surface area contributed by atoms with Gasteiger partial charge in [0.1, 0.15) is 0 Å². The van der Waals surface area contributed by atoms with Crippen LogP contribution in [0.2, 0.25) is 0 Å². The molecule has 1 aliphatic rings. The van der Waals surface area contributed by atoms with Crippen molar-refractivity contribution in [3.05, 3.63) is 29.8 Å². The molecule has 0 bridgehead atoms. The molecular weight excluding hydrogens is 221 g/mol. The molecule has 1 aliphatic heterocycles. The minimum absolute atomic E-state index is 0.108. The summed E-state index contributed by atoms with van der Waals surface area (Å²) in [6, 6.07) is 1.73. The fourth-order valence-corrected chi connectivity index (χ4v) is 2.12. The Bertz CT molecular complexity index is 410. The van der Waals surface area contributed by atoms with Gasteiger partial charge >= 0.3 is 0 Å². The lowest BCUT2D eigenvalue weighted by molar-refractivity contribution is 0.0693. The Balaban J connectivity index is 2.12.